The molecule has 40 heavy (non-hydrogen) atoms. The number of aromatic amines is 1. The number of esters is 2. The summed E-state index contributed by atoms with van der Waals surface area (Å²) in [5.74, 6) is 4.67. The third kappa shape index (κ3) is 7.16. The predicted molar refractivity (Wildman–Crippen MR) is 148 cm³/mol. The number of hydrogen-bond donors (Lipinski definition) is 1. The van der Waals surface area contributed by atoms with E-state index in [1.165, 1.54) is 10.8 Å². The average Bonchev–Trinajstić information content (AvgIpc) is 3.29. The van der Waals surface area contributed by atoms with Gasteiger partial charge in [-0.1, -0.05) is 47.2 Å². The van der Waals surface area contributed by atoms with Crippen LogP contribution in [0.25, 0.3) is 0 Å². The fourth-order valence-electron chi connectivity index (χ4n) is 4.01. The van der Waals surface area contributed by atoms with Gasteiger partial charge < -0.3 is 14.2 Å². The van der Waals surface area contributed by atoms with Crippen molar-refractivity contribution in [2.24, 2.45) is 5.41 Å². The van der Waals surface area contributed by atoms with E-state index in [2.05, 4.69) is 16.8 Å². The molecule has 3 aromatic rings. The number of nitrogens with zero attached hydrogens (tertiary/aromatic N) is 1. The van der Waals surface area contributed by atoms with Gasteiger partial charge >= 0.3 is 17.6 Å². The Morgan fingerprint density at radius 3 is 2.12 bits per heavy atom. The van der Waals surface area contributed by atoms with E-state index in [9.17, 15) is 19.2 Å². The maximum Gasteiger partial charge on any atom is 0.338 e. The van der Waals surface area contributed by atoms with Crippen LogP contribution in [0.1, 0.15) is 70.8 Å². The number of hydrogen-bond acceptors (Lipinski definition) is 7. The molecule has 0 amide bonds. The molecule has 0 spiro atoms. The van der Waals surface area contributed by atoms with Crippen LogP contribution in [-0.2, 0) is 14.2 Å². The van der Waals surface area contributed by atoms with Crippen LogP contribution in [0.2, 0.25) is 0 Å². The maximum atomic E-state index is 12.9. The van der Waals surface area contributed by atoms with Crippen LogP contribution in [0.15, 0.2) is 64.3 Å². The SMILES string of the molecule is Cc1ccc(C(=O)OC[C@H]2O[C@@H](n3cc(C#CC(C)(C)C)c(=O)[nH]c3=O)C[C@@H]2OC(=O)c2ccc(C)cc2)cc1. The molecule has 3 atom stereocenters. The van der Waals surface area contributed by atoms with Gasteiger partial charge in [0.25, 0.3) is 5.56 Å². The summed E-state index contributed by atoms with van der Waals surface area (Å²) >= 11 is 0. The molecule has 1 aliphatic heterocycles. The van der Waals surface area contributed by atoms with Crippen LogP contribution >= 0.6 is 0 Å². The third-order valence-corrected chi connectivity index (χ3v) is 6.24. The van der Waals surface area contributed by atoms with Crippen molar-refractivity contribution in [3.05, 3.63) is 103 Å². The summed E-state index contributed by atoms with van der Waals surface area (Å²) in [4.78, 5) is 52.9. The molecule has 2 heterocycles. The number of rotatable bonds is 6. The molecule has 208 valence electrons. The summed E-state index contributed by atoms with van der Waals surface area (Å²) in [6.07, 6.45) is -1.19. The van der Waals surface area contributed by atoms with E-state index in [1.807, 2.05) is 34.6 Å². The highest BCUT2D eigenvalue weighted by Crippen LogP contribution is 2.31. The molecule has 4 rings (SSSR count). The van der Waals surface area contributed by atoms with Gasteiger partial charge in [0.1, 0.15) is 30.6 Å². The third-order valence-electron chi connectivity index (χ3n) is 6.24. The molecule has 1 saturated heterocycles. The Kier molecular flexibility index (Phi) is 8.40. The zero-order valence-corrected chi connectivity index (χ0v) is 23.1. The van der Waals surface area contributed by atoms with Gasteiger partial charge in [-0.3, -0.25) is 14.3 Å². The number of carbonyl (C=O) groups excluding carboxylic acids is 2. The summed E-state index contributed by atoms with van der Waals surface area (Å²) < 4.78 is 18.6. The monoisotopic (exact) mass is 544 g/mol. The highest BCUT2D eigenvalue weighted by molar-refractivity contribution is 5.90. The molecule has 1 fully saturated rings. The largest absolute Gasteiger partial charge is 0.459 e. The molecule has 0 unspecified atom stereocenters. The first-order chi connectivity index (χ1) is 18.9. The molecule has 9 nitrogen and oxygen atoms in total. The standard InChI is InChI=1S/C31H32N2O7/c1-19-6-10-21(11-7-19)28(35)38-18-25-24(40-29(36)22-12-8-20(2)9-13-22)16-26(39-25)33-17-23(14-15-31(3,4)5)27(34)32-30(33)37/h6-13,17,24-26H,16,18H2,1-5H3,(H,32,34,37)/t24-,25+,26+/m0/s1. The van der Waals surface area contributed by atoms with Gasteiger partial charge in [-0.25, -0.2) is 14.4 Å². The molecule has 1 aromatic heterocycles. The number of carbonyl (C=O) groups is 2. The second-order valence-electron chi connectivity index (χ2n) is 10.8. The van der Waals surface area contributed by atoms with Crippen molar-refractivity contribution in [3.63, 3.8) is 0 Å². The first kappa shape index (κ1) is 28.6. The normalized spacial score (nSPS) is 18.5. The van der Waals surface area contributed by atoms with Crippen LogP contribution in [0.3, 0.4) is 0 Å². The van der Waals surface area contributed by atoms with Gasteiger partial charge in [-0.2, -0.15) is 0 Å². The number of H-pyrrole nitrogens is 1. The molecule has 9 heteroatoms. The number of aromatic nitrogens is 2. The molecule has 0 saturated carbocycles. The fraction of sp³-hybridized carbons (Fsp3) is 0.355. The van der Waals surface area contributed by atoms with E-state index < -0.39 is 41.6 Å². The van der Waals surface area contributed by atoms with Crippen LogP contribution < -0.4 is 11.2 Å². The van der Waals surface area contributed by atoms with Crippen molar-refractivity contribution in [2.75, 3.05) is 6.61 Å². The van der Waals surface area contributed by atoms with E-state index in [0.717, 1.165) is 11.1 Å². The average molecular weight is 545 g/mol. The van der Waals surface area contributed by atoms with Gasteiger partial charge in [0, 0.05) is 18.0 Å². The zero-order valence-electron chi connectivity index (χ0n) is 23.1. The van der Waals surface area contributed by atoms with Crippen LogP contribution in [0, 0.1) is 31.1 Å². The lowest BCUT2D eigenvalue weighted by atomic mass is 9.98. The molecule has 0 radical (unpaired) electrons. The Morgan fingerprint density at radius 2 is 1.55 bits per heavy atom. The van der Waals surface area contributed by atoms with E-state index >= 15 is 0 Å². The van der Waals surface area contributed by atoms with E-state index in [-0.39, 0.29) is 24.0 Å². The Morgan fingerprint density at radius 1 is 0.975 bits per heavy atom. The molecular weight excluding hydrogens is 512 g/mol. The summed E-state index contributed by atoms with van der Waals surface area (Å²) in [7, 11) is 0. The summed E-state index contributed by atoms with van der Waals surface area (Å²) in [5, 5.41) is 0. The Bertz CT molecular complexity index is 1570. The minimum Gasteiger partial charge on any atom is -0.459 e. The topological polar surface area (TPSA) is 117 Å². The van der Waals surface area contributed by atoms with Gasteiger partial charge in [-0.05, 0) is 58.9 Å². The first-order valence-corrected chi connectivity index (χ1v) is 13.0. The molecule has 1 aliphatic rings. The smallest absolute Gasteiger partial charge is 0.338 e. The van der Waals surface area contributed by atoms with Gasteiger partial charge in [0.2, 0.25) is 0 Å². The molecule has 0 aliphatic carbocycles. The number of benzene rings is 2. The molecule has 0 bridgehead atoms. The van der Waals surface area contributed by atoms with Crippen molar-refractivity contribution < 1.29 is 23.8 Å². The molecule has 1 N–H and O–H groups in total. The second kappa shape index (κ2) is 11.8. The summed E-state index contributed by atoms with van der Waals surface area (Å²) in [5.41, 5.74) is 1.14. The predicted octanol–water partition coefficient (Wildman–Crippen LogP) is 3.92. The summed E-state index contributed by atoms with van der Waals surface area (Å²) in [6.45, 7) is 9.31. The van der Waals surface area contributed by atoms with Crippen LogP contribution in [-0.4, -0.2) is 40.3 Å². The Hall–Kier alpha value is -4.42. The molecule has 2 aromatic carbocycles. The van der Waals surface area contributed by atoms with Gasteiger partial charge in [-0.15, -0.1) is 0 Å². The highest BCUT2D eigenvalue weighted by Gasteiger charge is 2.40. The van der Waals surface area contributed by atoms with Crippen molar-refractivity contribution in [3.8, 4) is 11.8 Å². The maximum absolute atomic E-state index is 12.9. The van der Waals surface area contributed by atoms with E-state index in [4.69, 9.17) is 14.2 Å². The van der Waals surface area contributed by atoms with Crippen molar-refractivity contribution in [2.45, 2.75) is 59.5 Å². The van der Waals surface area contributed by atoms with Crippen LogP contribution in [0.5, 0.6) is 0 Å². The molecular formula is C31H32N2O7. The van der Waals surface area contributed by atoms with Gasteiger partial charge in [0.05, 0.1) is 11.1 Å². The van der Waals surface area contributed by atoms with Crippen molar-refractivity contribution in [1.29, 1.82) is 0 Å². The Labute approximate surface area is 232 Å². The van der Waals surface area contributed by atoms with Crippen molar-refractivity contribution in [1.82, 2.24) is 9.55 Å². The number of ether oxygens (including phenoxy) is 3. The van der Waals surface area contributed by atoms with Crippen molar-refractivity contribution >= 4 is 11.9 Å². The lowest BCUT2D eigenvalue weighted by molar-refractivity contribution is -0.0582. The fourth-order valence-corrected chi connectivity index (χ4v) is 4.01. The number of aryl methyl sites for hydroxylation is 2. The number of nitrogens with one attached hydrogen (secondary N) is 1. The second-order valence-corrected chi connectivity index (χ2v) is 10.8. The van der Waals surface area contributed by atoms with Gasteiger partial charge in [0.15, 0.2) is 0 Å². The van der Waals surface area contributed by atoms with Crippen LogP contribution in [0.4, 0.5) is 0 Å². The quantitative estimate of drug-likeness (QED) is 0.369. The first-order valence-electron chi connectivity index (χ1n) is 13.0. The summed E-state index contributed by atoms with van der Waals surface area (Å²) in [6, 6.07) is 13.8. The highest BCUT2D eigenvalue weighted by atomic mass is 16.6. The zero-order chi connectivity index (χ0) is 29.0. The Balaban J connectivity index is 1.59. The minimum atomic E-state index is -0.904. The lowest BCUT2D eigenvalue weighted by Gasteiger charge is -2.19. The minimum absolute atomic E-state index is 0.0858. The lowest BCUT2D eigenvalue weighted by Crippen LogP contribution is -2.34. The van der Waals surface area contributed by atoms with E-state index in [0.29, 0.717) is 11.1 Å². The van der Waals surface area contributed by atoms with E-state index in [1.54, 1.807) is 48.5 Å².